The number of aliphatic hydroxyl groups is 1. The number of fused-ring (bicyclic) bond motifs is 1. The van der Waals surface area contributed by atoms with Crippen molar-refractivity contribution >= 4 is 28.5 Å². The molecule has 28 heavy (non-hydrogen) atoms. The highest BCUT2D eigenvalue weighted by atomic mass is 35.5. The molecule has 1 saturated carbocycles. The van der Waals surface area contributed by atoms with Crippen LogP contribution in [0.4, 0.5) is 0 Å². The lowest BCUT2D eigenvalue weighted by atomic mass is 9.82. The van der Waals surface area contributed by atoms with E-state index >= 15 is 0 Å². The molecule has 1 aliphatic carbocycles. The van der Waals surface area contributed by atoms with E-state index in [-0.39, 0.29) is 17.2 Å². The van der Waals surface area contributed by atoms with Crippen LogP contribution in [0.2, 0.25) is 5.02 Å². The molecule has 5 heteroatoms. The Balaban J connectivity index is 2.09. The van der Waals surface area contributed by atoms with Crippen molar-refractivity contribution < 1.29 is 15.0 Å². The van der Waals surface area contributed by atoms with Crippen LogP contribution in [0.25, 0.3) is 22.2 Å². The molecule has 2 N–H and O–H groups in total. The number of hydrogen-bond donors (Lipinski definition) is 2. The average molecular weight is 398 g/mol. The largest absolute Gasteiger partial charge is 0.478 e. The smallest absolute Gasteiger partial charge is 0.337 e. The molecule has 0 saturated heterocycles. The van der Waals surface area contributed by atoms with E-state index in [1.165, 1.54) is 24.8 Å². The number of aliphatic hydroxyl groups excluding tert-OH is 1. The molecule has 1 heterocycles. The number of nitrogens with zero attached hydrogens (tertiary/aromatic N) is 1. The molecule has 1 fully saturated rings. The SMILES string of the molecule is O=C(O)c1ccc2c(C3CCCCC3)c(-c3ccccc3)n(CCO)c2c1Cl. The zero-order chi connectivity index (χ0) is 19.7. The van der Waals surface area contributed by atoms with Crippen LogP contribution in [0.3, 0.4) is 0 Å². The van der Waals surface area contributed by atoms with Crippen LogP contribution in [0, 0.1) is 0 Å². The minimum Gasteiger partial charge on any atom is -0.478 e. The van der Waals surface area contributed by atoms with Gasteiger partial charge in [0.05, 0.1) is 28.4 Å². The van der Waals surface area contributed by atoms with Crippen LogP contribution in [0.1, 0.15) is 53.9 Å². The maximum atomic E-state index is 11.7. The number of aromatic nitrogens is 1. The van der Waals surface area contributed by atoms with Gasteiger partial charge < -0.3 is 14.8 Å². The molecule has 3 aromatic rings. The van der Waals surface area contributed by atoms with Gasteiger partial charge in [-0.15, -0.1) is 0 Å². The lowest BCUT2D eigenvalue weighted by molar-refractivity contribution is 0.0697. The second-order valence-corrected chi connectivity index (χ2v) is 7.84. The molecule has 146 valence electrons. The molecule has 2 aromatic carbocycles. The highest BCUT2D eigenvalue weighted by molar-refractivity contribution is 6.38. The maximum absolute atomic E-state index is 11.7. The molecule has 0 aliphatic heterocycles. The van der Waals surface area contributed by atoms with Crippen LogP contribution < -0.4 is 0 Å². The number of aromatic carboxylic acids is 1. The Bertz CT molecular complexity index is 1000. The summed E-state index contributed by atoms with van der Waals surface area (Å²) in [5.74, 6) is -0.623. The zero-order valence-corrected chi connectivity index (χ0v) is 16.5. The number of rotatable bonds is 5. The van der Waals surface area contributed by atoms with E-state index in [1.54, 1.807) is 6.07 Å². The van der Waals surface area contributed by atoms with Crippen LogP contribution in [-0.2, 0) is 6.54 Å². The Kier molecular flexibility index (Phi) is 5.42. The van der Waals surface area contributed by atoms with Crippen molar-refractivity contribution in [3.05, 3.63) is 58.6 Å². The predicted octanol–water partition coefficient (Wildman–Crippen LogP) is 5.70. The van der Waals surface area contributed by atoms with E-state index in [9.17, 15) is 15.0 Å². The number of carboxylic acid groups (broad SMARTS) is 1. The average Bonchev–Trinajstić information content (AvgIpc) is 3.04. The third-order valence-corrected chi connectivity index (χ3v) is 6.20. The summed E-state index contributed by atoms with van der Waals surface area (Å²) in [4.78, 5) is 11.7. The minimum atomic E-state index is -1.04. The fraction of sp³-hybridized carbons (Fsp3) is 0.348. The van der Waals surface area contributed by atoms with Crippen molar-refractivity contribution in [2.75, 3.05) is 6.61 Å². The zero-order valence-electron chi connectivity index (χ0n) is 15.7. The lowest BCUT2D eigenvalue weighted by Gasteiger charge is -2.23. The first-order chi connectivity index (χ1) is 13.6. The van der Waals surface area contributed by atoms with Gasteiger partial charge in [-0.2, -0.15) is 0 Å². The lowest BCUT2D eigenvalue weighted by Crippen LogP contribution is -2.08. The third-order valence-electron chi connectivity index (χ3n) is 5.82. The van der Waals surface area contributed by atoms with Gasteiger partial charge in [0, 0.05) is 11.9 Å². The van der Waals surface area contributed by atoms with Gasteiger partial charge in [-0.05, 0) is 36.0 Å². The van der Waals surface area contributed by atoms with Gasteiger partial charge >= 0.3 is 5.97 Å². The Morgan fingerprint density at radius 3 is 2.43 bits per heavy atom. The van der Waals surface area contributed by atoms with Gasteiger partial charge in [-0.1, -0.05) is 67.3 Å². The van der Waals surface area contributed by atoms with Crippen molar-refractivity contribution in [2.45, 2.75) is 44.6 Å². The van der Waals surface area contributed by atoms with Crippen molar-refractivity contribution in [2.24, 2.45) is 0 Å². The quantitative estimate of drug-likeness (QED) is 0.580. The molecule has 0 spiro atoms. The van der Waals surface area contributed by atoms with E-state index < -0.39 is 5.97 Å². The number of halogens is 1. The Labute approximate surface area is 169 Å². The van der Waals surface area contributed by atoms with Crippen molar-refractivity contribution in [3.8, 4) is 11.3 Å². The monoisotopic (exact) mass is 397 g/mol. The summed E-state index contributed by atoms with van der Waals surface area (Å²) in [6.07, 6.45) is 5.90. The summed E-state index contributed by atoms with van der Waals surface area (Å²) < 4.78 is 2.02. The second kappa shape index (κ2) is 7.98. The van der Waals surface area contributed by atoms with Crippen LogP contribution >= 0.6 is 11.6 Å². The topological polar surface area (TPSA) is 62.5 Å². The highest BCUT2D eigenvalue weighted by Crippen LogP contribution is 2.46. The van der Waals surface area contributed by atoms with Crippen molar-refractivity contribution in [1.29, 1.82) is 0 Å². The molecular weight excluding hydrogens is 374 g/mol. The number of carboxylic acids is 1. The van der Waals surface area contributed by atoms with Crippen molar-refractivity contribution in [3.63, 3.8) is 0 Å². The van der Waals surface area contributed by atoms with E-state index in [2.05, 4.69) is 12.1 Å². The summed E-state index contributed by atoms with van der Waals surface area (Å²) in [5.41, 5.74) is 4.19. The van der Waals surface area contributed by atoms with Crippen LogP contribution in [0.5, 0.6) is 0 Å². The Hall–Kier alpha value is -2.30. The number of carbonyl (C=O) groups is 1. The summed E-state index contributed by atoms with van der Waals surface area (Å²) in [6, 6.07) is 13.6. The molecule has 1 aromatic heterocycles. The molecule has 4 rings (SSSR count). The van der Waals surface area contributed by atoms with Crippen LogP contribution in [0.15, 0.2) is 42.5 Å². The van der Waals surface area contributed by atoms with Crippen LogP contribution in [-0.4, -0.2) is 27.4 Å². The summed E-state index contributed by atoms with van der Waals surface area (Å²) in [6.45, 7) is 0.331. The first-order valence-corrected chi connectivity index (χ1v) is 10.3. The van der Waals surface area contributed by atoms with Gasteiger partial charge in [0.25, 0.3) is 0 Å². The van der Waals surface area contributed by atoms with E-state index in [0.29, 0.717) is 12.5 Å². The predicted molar refractivity (Wildman–Crippen MR) is 112 cm³/mol. The number of benzene rings is 2. The van der Waals surface area contributed by atoms with E-state index in [0.717, 1.165) is 35.0 Å². The summed E-state index contributed by atoms with van der Waals surface area (Å²) >= 11 is 6.61. The van der Waals surface area contributed by atoms with Gasteiger partial charge in [-0.25, -0.2) is 4.79 Å². The molecule has 1 aliphatic rings. The number of hydrogen-bond acceptors (Lipinski definition) is 2. The Morgan fingerprint density at radius 1 is 1.07 bits per heavy atom. The maximum Gasteiger partial charge on any atom is 0.337 e. The fourth-order valence-electron chi connectivity index (χ4n) is 4.63. The van der Waals surface area contributed by atoms with E-state index in [4.69, 9.17) is 11.6 Å². The minimum absolute atomic E-state index is 0.0403. The van der Waals surface area contributed by atoms with Crippen molar-refractivity contribution in [1.82, 2.24) is 4.57 Å². The molecule has 4 nitrogen and oxygen atoms in total. The van der Waals surface area contributed by atoms with E-state index in [1.807, 2.05) is 28.8 Å². The third kappa shape index (κ3) is 3.21. The normalized spacial score (nSPS) is 15.2. The van der Waals surface area contributed by atoms with Gasteiger partial charge in [0.2, 0.25) is 0 Å². The first-order valence-electron chi connectivity index (χ1n) is 9.87. The molecule has 0 unspecified atom stereocenters. The van der Waals surface area contributed by atoms with Gasteiger partial charge in [-0.3, -0.25) is 0 Å². The standard InChI is InChI=1S/C23H24ClNO3/c24-20-18(23(27)28)12-11-17-19(15-7-3-1-4-8-15)21(16-9-5-2-6-10-16)25(13-14-26)22(17)20/h2,5-6,9-12,15,26H,1,3-4,7-8,13-14H2,(H,27,28). The molecule has 0 amide bonds. The van der Waals surface area contributed by atoms with Gasteiger partial charge in [0.15, 0.2) is 0 Å². The summed E-state index contributed by atoms with van der Waals surface area (Å²) in [5, 5.41) is 20.6. The fourth-order valence-corrected chi connectivity index (χ4v) is 4.98. The molecule has 0 radical (unpaired) electrons. The molecule has 0 atom stereocenters. The second-order valence-electron chi connectivity index (χ2n) is 7.47. The molecular formula is C23H24ClNO3. The molecule has 0 bridgehead atoms. The Morgan fingerprint density at radius 2 is 1.79 bits per heavy atom. The highest BCUT2D eigenvalue weighted by Gasteiger charge is 2.28. The summed E-state index contributed by atoms with van der Waals surface area (Å²) in [7, 11) is 0. The van der Waals surface area contributed by atoms with Gasteiger partial charge in [0.1, 0.15) is 0 Å². The first kappa shape index (κ1) is 19.0.